The van der Waals surface area contributed by atoms with E-state index < -0.39 is 11.9 Å². The maximum atomic E-state index is 13.1. The van der Waals surface area contributed by atoms with Gasteiger partial charge in [-0.3, -0.25) is 0 Å². The van der Waals surface area contributed by atoms with Crippen molar-refractivity contribution >= 4 is 29.3 Å². The fraction of sp³-hybridized carbons (Fsp3) is 0.280. The van der Waals surface area contributed by atoms with Crippen LogP contribution in [0.2, 0.25) is 5.02 Å². The van der Waals surface area contributed by atoms with Crippen LogP contribution < -0.4 is 5.73 Å². The monoisotopic (exact) mass is 494 g/mol. The molecule has 1 unspecified atom stereocenters. The Kier molecular flexibility index (Phi) is 8.22. The van der Waals surface area contributed by atoms with Gasteiger partial charge in [-0.2, -0.15) is 10.5 Å². The second-order valence-electron chi connectivity index (χ2n) is 7.36. The number of carbonyl (C=O) groups is 1. The van der Waals surface area contributed by atoms with Gasteiger partial charge in [0.1, 0.15) is 28.5 Å². The van der Waals surface area contributed by atoms with Gasteiger partial charge in [-0.05, 0) is 43.5 Å². The molecule has 2 aromatic rings. The van der Waals surface area contributed by atoms with Crippen molar-refractivity contribution in [3.63, 3.8) is 0 Å². The van der Waals surface area contributed by atoms with Gasteiger partial charge in [0.15, 0.2) is 0 Å². The van der Waals surface area contributed by atoms with Crippen LogP contribution in [-0.2, 0) is 20.7 Å². The standard InChI is InChI=1S/C25H23ClN4O3S/c1-4-19-14(3)10-15(11-27)24(30-19)34-13-20-22(25(31)32-5-2)21(17(12-28)23(29)33-20)16-8-6-7-9-18(16)26/h6-10,21H,4-5,13,29H2,1-3H3. The molecule has 34 heavy (non-hydrogen) atoms. The van der Waals surface area contributed by atoms with Crippen molar-refractivity contribution in [1.29, 1.82) is 10.5 Å². The van der Waals surface area contributed by atoms with Gasteiger partial charge in [-0.1, -0.05) is 48.5 Å². The molecule has 0 amide bonds. The van der Waals surface area contributed by atoms with Crippen LogP contribution in [0.15, 0.2) is 58.1 Å². The molecule has 0 saturated carbocycles. The van der Waals surface area contributed by atoms with E-state index in [9.17, 15) is 15.3 Å². The Balaban J connectivity index is 2.12. The van der Waals surface area contributed by atoms with Crippen LogP contribution in [0.4, 0.5) is 0 Å². The highest BCUT2D eigenvalue weighted by Crippen LogP contribution is 2.43. The largest absolute Gasteiger partial charge is 0.463 e. The number of ether oxygens (including phenoxy) is 2. The molecule has 0 bridgehead atoms. The first-order chi connectivity index (χ1) is 16.4. The van der Waals surface area contributed by atoms with Gasteiger partial charge in [-0.15, -0.1) is 0 Å². The van der Waals surface area contributed by atoms with Gasteiger partial charge >= 0.3 is 5.97 Å². The molecule has 0 radical (unpaired) electrons. The van der Waals surface area contributed by atoms with Gasteiger partial charge in [0.25, 0.3) is 0 Å². The number of thioether (sulfide) groups is 1. The number of pyridine rings is 1. The van der Waals surface area contributed by atoms with Crippen LogP contribution in [0.5, 0.6) is 0 Å². The molecule has 0 fully saturated rings. The minimum atomic E-state index is -0.852. The molecule has 2 heterocycles. The minimum absolute atomic E-state index is 0.0735. The summed E-state index contributed by atoms with van der Waals surface area (Å²) in [4.78, 5) is 17.7. The van der Waals surface area contributed by atoms with Crippen LogP contribution in [0.1, 0.15) is 42.1 Å². The zero-order valence-electron chi connectivity index (χ0n) is 19.0. The molecule has 0 aliphatic carbocycles. The zero-order chi connectivity index (χ0) is 24.8. The van der Waals surface area contributed by atoms with Gasteiger partial charge < -0.3 is 15.2 Å². The lowest BCUT2D eigenvalue weighted by Crippen LogP contribution is -2.27. The highest BCUT2D eigenvalue weighted by atomic mass is 35.5. The predicted octanol–water partition coefficient (Wildman–Crippen LogP) is 4.89. The molecule has 7 nitrogen and oxygen atoms in total. The summed E-state index contributed by atoms with van der Waals surface area (Å²) in [5.41, 5.74) is 9.12. The quantitative estimate of drug-likeness (QED) is 0.426. The average Bonchev–Trinajstić information content (AvgIpc) is 2.82. The average molecular weight is 495 g/mol. The Bertz CT molecular complexity index is 1270. The molecule has 1 aliphatic heterocycles. The molecular weight excluding hydrogens is 472 g/mol. The lowest BCUT2D eigenvalue weighted by molar-refractivity contribution is -0.139. The van der Waals surface area contributed by atoms with Crippen molar-refractivity contribution in [2.24, 2.45) is 5.73 Å². The molecule has 1 atom stereocenters. The van der Waals surface area contributed by atoms with Gasteiger partial charge in [-0.25, -0.2) is 9.78 Å². The molecular formula is C25H23ClN4O3S. The summed E-state index contributed by atoms with van der Waals surface area (Å²) in [5, 5.41) is 20.3. The number of hydrogen-bond donors (Lipinski definition) is 1. The number of rotatable bonds is 7. The highest BCUT2D eigenvalue weighted by Gasteiger charge is 2.38. The van der Waals surface area contributed by atoms with E-state index in [1.807, 2.05) is 13.8 Å². The summed E-state index contributed by atoms with van der Waals surface area (Å²) in [6, 6.07) is 13.0. The van der Waals surface area contributed by atoms with Gasteiger partial charge in [0, 0.05) is 10.7 Å². The molecule has 1 aromatic heterocycles. The number of esters is 1. The van der Waals surface area contributed by atoms with Crippen LogP contribution >= 0.6 is 23.4 Å². The SMILES string of the molecule is CCOC(=O)C1=C(CSc2nc(CC)c(C)cc2C#N)OC(N)=C(C#N)C1c1ccccc1Cl. The minimum Gasteiger partial charge on any atom is -0.463 e. The smallest absolute Gasteiger partial charge is 0.338 e. The zero-order valence-corrected chi connectivity index (χ0v) is 20.6. The van der Waals surface area contributed by atoms with Crippen molar-refractivity contribution in [2.45, 2.75) is 38.1 Å². The Morgan fingerprint density at radius 1 is 1.29 bits per heavy atom. The summed E-state index contributed by atoms with van der Waals surface area (Å²) in [6.07, 6.45) is 0.716. The predicted molar refractivity (Wildman–Crippen MR) is 130 cm³/mol. The summed E-state index contributed by atoms with van der Waals surface area (Å²) < 4.78 is 11.1. The van der Waals surface area contributed by atoms with E-state index in [1.165, 1.54) is 11.8 Å². The second-order valence-corrected chi connectivity index (χ2v) is 8.73. The van der Waals surface area contributed by atoms with E-state index in [2.05, 4.69) is 17.1 Å². The fourth-order valence-electron chi connectivity index (χ4n) is 3.69. The normalized spacial score (nSPS) is 15.4. The molecule has 1 aliphatic rings. The Morgan fingerprint density at radius 3 is 2.65 bits per heavy atom. The number of carbonyl (C=O) groups excluding carboxylic acids is 1. The summed E-state index contributed by atoms with van der Waals surface area (Å²) in [5.74, 6) is -1.22. The van der Waals surface area contributed by atoms with E-state index >= 15 is 0 Å². The third-order valence-electron chi connectivity index (χ3n) is 5.29. The van der Waals surface area contributed by atoms with Crippen molar-refractivity contribution < 1.29 is 14.3 Å². The third-order valence-corrected chi connectivity index (χ3v) is 6.62. The van der Waals surface area contributed by atoms with Crippen LogP contribution in [0.3, 0.4) is 0 Å². The number of halogens is 1. The number of nitrogens with zero attached hydrogens (tertiary/aromatic N) is 3. The Hall–Kier alpha value is -3.46. The number of aryl methyl sites for hydroxylation is 2. The van der Waals surface area contributed by atoms with E-state index in [1.54, 1.807) is 37.3 Å². The van der Waals surface area contributed by atoms with Crippen molar-refractivity contribution in [3.05, 3.63) is 80.5 Å². The summed E-state index contributed by atoms with van der Waals surface area (Å²) >= 11 is 7.69. The lowest BCUT2D eigenvalue weighted by atomic mass is 9.83. The molecule has 0 saturated heterocycles. The first-order valence-corrected chi connectivity index (χ1v) is 12.0. The lowest BCUT2D eigenvalue weighted by Gasteiger charge is -2.28. The number of nitrogens with two attached hydrogens (primary N) is 1. The molecule has 9 heteroatoms. The van der Waals surface area contributed by atoms with Crippen molar-refractivity contribution in [2.75, 3.05) is 12.4 Å². The molecule has 0 spiro atoms. The van der Waals surface area contributed by atoms with Crippen LogP contribution in [-0.4, -0.2) is 23.3 Å². The number of hydrogen-bond acceptors (Lipinski definition) is 8. The van der Waals surface area contributed by atoms with Gasteiger partial charge in [0.2, 0.25) is 5.88 Å². The van der Waals surface area contributed by atoms with Gasteiger partial charge in [0.05, 0.1) is 29.4 Å². The number of aromatic nitrogens is 1. The van der Waals surface area contributed by atoms with E-state index in [-0.39, 0.29) is 35.1 Å². The van der Waals surface area contributed by atoms with Crippen LogP contribution in [0, 0.1) is 29.6 Å². The maximum absolute atomic E-state index is 13.1. The maximum Gasteiger partial charge on any atom is 0.338 e. The Morgan fingerprint density at radius 2 is 2.03 bits per heavy atom. The first-order valence-electron chi connectivity index (χ1n) is 10.6. The number of allylic oxidation sites excluding steroid dienone is 1. The third kappa shape index (κ3) is 5.04. The summed E-state index contributed by atoms with van der Waals surface area (Å²) in [7, 11) is 0. The van der Waals surface area contributed by atoms with Crippen LogP contribution in [0.25, 0.3) is 0 Å². The molecule has 2 N–H and O–H groups in total. The molecule has 174 valence electrons. The number of nitriles is 2. The Labute approximate surface area is 207 Å². The topological polar surface area (TPSA) is 122 Å². The highest BCUT2D eigenvalue weighted by molar-refractivity contribution is 7.99. The van der Waals surface area contributed by atoms with Crippen molar-refractivity contribution in [3.8, 4) is 12.1 Å². The van der Waals surface area contributed by atoms with E-state index in [0.29, 0.717) is 27.6 Å². The van der Waals surface area contributed by atoms with E-state index in [0.717, 1.165) is 11.3 Å². The van der Waals surface area contributed by atoms with Crippen molar-refractivity contribution in [1.82, 2.24) is 4.98 Å². The fourth-order valence-corrected chi connectivity index (χ4v) is 4.85. The molecule has 3 rings (SSSR count). The molecule has 1 aromatic carbocycles. The first kappa shape index (κ1) is 25.2. The number of benzene rings is 1. The second kappa shape index (κ2) is 11.1. The summed E-state index contributed by atoms with van der Waals surface area (Å²) in [6.45, 7) is 5.73. The van der Waals surface area contributed by atoms with E-state index in [4.69, 9.17) is 26.8 Å².